The highest BCUT2D eigenvalue weighted by Crippen LogP contribution is 2.41. The Morgan fingerprint density at radius 1 is 1.24 bits per heavy atom. The van der Waals surface area contributed by atoms with Crippen LogP contribution in [0.2, 0.25) is 0 Å². The van der Waals surface area contributed by atoms with E-state index in [-0.39, 0.29) is 11.3 Å². The van der Waals surface area contributed by atoms with Crippen LogP contribution in [0, 0.1) is 0 Å². The summed E-state index contributed by atoms with van der Waals surface area (Å²) in [5.41, 5.74) is 4.19. The number of rotatable bonds is 2. The molecule has 0 bridgehead atoms. The highest BCUT2D eigenvalue weighted by atomic mass is 79.9. The highest BCUT2D eigenvalue weighted by molar-refractivity contribution is 9.12. The van der Waals surface area contributed by atoms with Crippen molar-refractivity contribution in [3.05, 3.63) is 48.5 Å². The molecule has 0 radical (unpaired) electrons. The predicted molar refractivity (Wildman–Crippen MR) is 95.4 cm³/mol. The number of aryl methyl sites for hydroxylation is 1. The third-order valence-corrected chi connectivity index (χ3v) is 6.37. The SMILES string of the molecule is O=C1CCCc2cc(C(Cl)c3cc(Br)sc3Br)ccc2N1. The third-order valence-electron chi connectivity index (χ3n) is 3.50. The van der Waals surface area contributed by atoms with E-state index in [0.29, 0.717) is 6.42 Å². The molecule has 0 saturated carbocycles. The summed E-state index contributed by atoms with van der Waals surface area (Å²) in [5.74, 6) is 0.0911. The fourth-order valence-corrected chi connectivity index (χ4v) is 5.86. The zero-order chi connectivity index (χ0) is 15.0. The molecule has 1 aromatic heterocycles. The van der Waals surface area contributed by atoms with Gasteiger partial charge < -0.3 is 5.32 Å². The van der Waals surface area contributed by atoms with E-state index in [2.05, 4.69) is 43.2 Å². The van der Waals surface area contributed by atoms with E-state index >= 15 is 0 Å². The first-order valence-corrected chi connectivity index (χ1v) is 9.40. The molecular formula is C15H12Br2ClNOS. The van der Waals surface area contributed by atoms with Gasteiger partial charge in [0.05, 0.1) is 12.9 Å². The van der Waals surface area contributed by atoms with Gasteiger partial charge >= 0.3 is 0 Å². The number of carbonyl (C=O) groups excluding carboxylic acids is 1. The monoisotopic (exact) mass is 447 g/mol. The van der Waals surface area contributed by atoms with Crippen LogP contribution in [-0.4, -0.2) is 5.91 Å². The number of anilines is 1. The van der Waals surface area contributed by atoms with Crippen molar-refractivity contribution in [1.29, 1.82) is 0 Å². The van der Waals surface area contributed by atoms with Gasteiger partial charge in [-0.25, -0.2) is 0 Å². The van der Waals surface area contributed by atoms with E-state index in [1.165, 1.54) is 0 Å². The highest BCUT2D eigenvalue weighted by Gasteiger charge is 2.19. The van der Waals surface area contributed by atoms with Crippen molar-refractivity contribution in [2.75, 3.05) is 5.32 Å². The first kappa shape index (κ1) is 15.5. The summed E-state index contributed by atoms with van der Waals surface area (Å²) in [5, 5.41) is 2.74. The maximum atomic E-state index is 11.6. The Kier molecular flexibility index (Phi) is 4.74. The quantitative estimate of drug-likeness (QED) is 0.570. The number of hydrogen-bond acceptors (Lipinski definition) is 2. The van der Waals surface area contributed by atoms with E-state index in [4.69, 9.17) is 11.6 Å². The van der Waals surface area contributed by atoms with Gasteiger partial charge in [0.1, 0.15) is 0 Å². The summed E-state index contributed by atoms with van der Waals surface area (Å²) in [6, 6.07) is 8.09. The third kappa shape index (κ3) is 3.36. The fraction of sp³-hybridized carbons (Fsp3) is 0.267. The van der Waals surface area contributed by atoms with Crippen LogP contribution in [0.25, 0.3) is 0 Å². The Bertz CT molecular complexity index is 701. The molecule has 21 heavy (non-hydrogen) atoms. The lowest BCUT2D eigenvalue weighted by Crippen LogP contribution is -2.09. The zero-order valence-electron chi connectivity index (χ0n) is 11.0. The Balaban J connectivity index is 1.95. The van der Waals surface area contributed by atoms with Crippen LogP contribution in [0.3, 0.4) is 0 Å². The number of alkyl halides is 1. The molecule has 6 heteroatoms. The second kappa shape index (κ2) is 6.41. The lowest BCUT2D eigenvalue weighted by atomic mass is 10.0. The Labute approximate surface area is 149 Å². The van der Waals surface area contributed by atoms with Gasteiger partial charge in [-0.2, -0.15) is 0 Å². The van der Waals surface area contributed by atoms with Crippen molar-refractivity contribution in [3.63, 3.8) is 0 Å². The Hall–Kier alpha value is -0.360. The van der Waals surface area contributed by atoms with Crippen molar-refractivity contribution in [2.45, 2.75) is 24.6 Å². The summed E-state index contributed by atoms with van der Waals surface area (Å²) in [6.45, 7) is 0. The van der Waals surface area contributed by atoms with E-state index in [1.54, 1.807) is 11.3 Å². The Morgan fingerprint density at radius 3 is 2.76 bits per heavy atom. The molecule has 1 aliphatic heterocycles. The van der Waals surface area contributed by atoms with Crippen LogP contribution >= 0.6 is 54.8 Å². The second-order valence-electron chi connectivity index (χ2n) is 4.96. The molecule has 0 saturated heterocycles. The number of fused-ring (bicyclic) bond motifs is 1. The fourth-order valence-electron chi connectivity index (χ4n) is 2.46. The largest absolute Gasteiger partial charge is 0.326 e. The van der Waals surface area contributed by atoms with Gasteiger partial charge in [0.25, 0.3) is 0 Å². The zero-order valence-corrected chi connectivity index (χ0v) is 15.7. The van der Waals surface area contributed by atoms with Crippen molar-refractivity contribution < 1.29 is 4.79 Å². The molecule has 1 aliphatic rings. The second-order valence-corrected chi connectivity index (χ2v) is 9.15. The van der Waals surface area contributed by atoms with Crippen LogP contribution < -0.4 is 5.32 Å². The number of amides is 1. The molecule has 1 aromatic carbocycles. The lowest BCUT2D eigenvalue weighted by Gasteiger charge is -2.13. The first-order valence-electron chi connectivity index (χ1n) is 6.56. The van der Waals surface area contributed by atoms with E-state index in [1.807, 2.05) is 18.2 Å². The molecule has 2 nitrogen and oxygen atoms in total. The summed E-state index contributed by atoms with van der Waals surface area (Å²) in [6.07, 6.45) is 2.36. The van der Waals surface area contributed by atoms with Crippen LogP contribution in [0.1, 0.15) is 34.9 Å². The van der Waals surface area contributed by atoms with Gasteiger partial charge in [0.15, 0.2) is 0 Å². The van der Waals surface area contributed by atoms with Crippen LogP contribution in [0.4, 0.5) is 5.69 Å². The van der Waals surface area contributed by atoms with Crippen molar-refractivity contribution in [2.24, 2.45) is 0 Å². The number of carbonyl (C=O) groups is 1. The van der Waals surface area contributed by atoms with Crippen molar-refractivity contribution in [3.8, 4) is 0 Å². The molecule has 2 aromatic rings. The van der Waals surface area contributed by atoms with Crippen LogP contribution in [0.5, 0.6) is 0 Å². The molecule has 1 amide bonds. The minimum atomic E-state index is -0.203. The Morgan fingerprint density at radius 2 is 2.05 bits per heavy atom. The van der Waals surface area contributed by atoms with E-state index in [9.17, 15) is 4.79 Å². The normalized spacial score (nSPS) is 16.0. The molecule has 110 valence electrons. The number of benzene rings is 1. The van der Waals surface area contributed by atoms with E-state index < -0.39 is 0 Å². The van der Waals surface area contributed by atoms with Gasteiger partial charge in [0.2, 0.25) is 5.91 Å². The first-order chi connectivity index (χ1) is 10.0. The average Bonchev–Trinajstić information content (AvgIpc) is 2.67. The molecule has 0 fully saturated rings. The number of hydrogen-bond donors (Lipinski definition) is 1. The standard InChI is InChI=1S/C15H12Br2ClNOS/c16-12-7-10(15(17)21-12)14(18)9-4-5-11-8(6-9)2-1-3-13(20)19-11/h4-7,14H,1-3H2,(H,19,20). The van der Waals surface area contributed by atoms with Gasteiger partial charge in [-0.15, -0.1) is 22.9 Å². The summed E-state index contributed by atoms with van der Waals surface area (Å²) in [7, 11) is 0. The summed E-state index contributed by atoms with van der Waals surface area (Å²) < 4.78 is 2.09. The molecule has 0 spiro atoms. The minimum absolute atomic E-state index is 0.0911. The van der Waals surface area contributed by atoms with E-state index in [0.717, 1.165) is 42.8 Å². The predicted octanol–water partition coefficient (Wildman–Crippen LogP) is 5.88. The topological polar surface area (TPSA) is 29.1 Å². The van der Waals surface area contributed by atoms with Crippen molar-refractivity contribution >= 4 is 66.4 Å². The van der Waals surface area contributed by atoms with Gasteiger partial charge in [-0.1, -0.05) is 12.1 Å². The van der Waals surface area contributed by atoms with Gasteiger partial charge in [-0.3, -0.25) is 4.79 Å². The molecule has 3 rings (SSSR count). The number of halogens is 3. The number of thiophene rings is 1. The summed E-state index contributed by atoms with van der Waals surface area (Å²) in [4.78, 5) is 11.6. The molecule has 0 aliphatic carbocycles. The summed E-state index contributed by atoms with van der Waals surface area (Å²) >= 11 is 15.3. The van der Waals surface area contributed by atoms with Crippen LogP contribution in [0.15, 0.2) is 31.8 Å². The van der Waals surface area contributed by atoms with Crippen molar-refractivity contribution in [1.82, 2.24) is 0 Å². The smallest absolute Gasteiger partial charge is 0.224 e. The molecule has 1 unspecified atom stereocenters. The van der Waals surface area contributed by atoms with Crippen LogP contribution in [-0.2, 0) is 11.2 Å². The molecule has 2 heterocycles. The number of nitrogens with one attached hydrogen (secondary N) is 1. The van der Waals surface area contributed by atoms with Gasteiger partial charge in [0, 0.05) is 17.7 Å². The minimum Gasteiger partial charge on any atom is -0.326 e. The maximum Gasteiger partial charge on any atom is 0.224 e. The average molecular weight is 450 g/mol. The molecule has 1 N–H and O–H groups in total. The molecule has 1 atom stereocenters. The maximum absolute atomic E-state index is 11.6. The lowest BCUT2D eigenvalue weighted by molar-refractivity contribution is -0.116. The van der Waals surface area contributed by atoms with Gasteiger partial charge in [-0.05, 0) is 68.0 Å². The molecular weight excluding hydrogens is 437 g/mol.